The van der Waals surface area contributed by atoms with E-state index in [1.165, 1.54) is 0 Å². The van der Waals surface area contributed by atoms with Gasteiger partial charge in [-0.3, -0.25) is 4.79 Å². The van der Waals surface area contributed by atoms with Crippen molar-refractivity contribution in [3.8, 4) is 0 Å². The molecule has 7 heteroatoms. The number of hydrogen-bond donors (Lipinski definition) is 2. The molecule has 1 aromatic rings. The van der Waals surface area contributed by atoms with Crippen molar-refractivity contribution in [2.75, 3.05) is 33.7 Å². The lowest BCUT2D eigenvalue weighted by atomic mass is 9.98. The first-order valence-corrected chi connectivity index (χ1v) is 9.29. The van der Waals surface area contributed by atoms with Crippen LogP contribution in [0.15, 0.2) is 10.4 Å². The topological polar surface area (TPSA) is 69.6 Å². The van der Waals surface area contributed by atoms with Gasteiger partial charge in [-0.1, -0.05) is 27.7 Å². The van der Waals surface area contributed by atoms with E-state index in [0.29, 0.717) is 5.96 Å². The summed E-state index contributed by atoms with van der Waals surface area (Å²) < 4.78 is 0. The fraction of sp³-hybridized carbons (Fsp3) is 0.706. The lowest BCUT2D eigenvalue weighted by Gasteiger charge is -2.14. The van der Waals surface area contributed by atoms with Gasteiger partial charge in [-0.25, -0.2) is 9.98 Å². The van der Waals surface area contributed by atoms with Crippen LogP contribution in [0.4, 0.5) is 0 Å². The summed E-state index contributed by atoms with van der Waals surface area (Å²) in [6.07, 6.45) is 1.84. The van der Waals surface area contributed by atoms with Gasteiger partial charge in [0, 0.05) is 44.4 Å². The summed E-state index contributed by atoms with van der Waals surface area (Å²) in [7, 11) is 3.47. The molecule has 0 aromatic carbocycles. The van der Waals surface area contributed by atoms with E-state index in [1.54, 1.807) is 30.3 Å². The number of guanidine groups is 1. The van der Waals surface area contributed by atoms with Crippen molar-refractivity contribution in [2.45, 2.75) is 46.0 Å². The Hall–Kier alpha value is -1.63. The van der Waals surface area contributed by atoms with E-state index < -0.39 is 0 Å². The van der Waals surface area contributed by atoms with E-state index in [2.05, 4.69) is 48.7 Å². The van der Waals surface area contributed by atoms with Crippen LogP contribution in [0.3, 0.4) is 0 Å². The van der Waals surface area contributed by atoms with E-state index in [4.69, 9.17) is 4.98 Å². The first kappa shape index (κ1) is 20.4. The quantitative estimate of drug-likeness (QED) is 0.581. The van der Waals surface area contributed by atoms with Crippen LogP contribution in [0.2, 0.25) is 0 Å². The molecule has 0 aliphatic carbocycles. The van der Waals surface area contributed by atoms with E-state index in [0.717, 1.165) is 36.6 Å². The number of rotatable bonds is 7. The fourth-order valence-corrected chi connectivity index (χ4v) is 2.72. The molecule has 0 aliphatic rings. The smallest absolute Gasteiger partial charge is 0.243 e. The van der Waals surface area contributed by atoms with E-state index >= 15 is 0 Å². The summed E-state index contributed by atoms with van der Waals surface area (Å²) in [6.45, 7) is 10.3. The molecule has 1 heterocycles. The Kier molecular flexibility index (Phi) is 8.18. The zero-order valence-corrected chi connectivity index (χ0v) is 16.6. The molecule has 6 nitrogen and oxygen atoms in total. The number of likely N-dealkylation sites (N-methyl/N-ethyl adjacent to an activating group) is 1. The third-order valence-corrected chi connectivity index (χ3v) is 4.60. The number of aliphatic imine (C=N–C) groups is 1. The van der Waals surface area contributed by atoms with Gasteiger partial charge in [0.25, 0.3) is 0 Å². The number of thiazole rings is 1. The maximum absolute atomic E-state index is 11.7. The van der Waals surface area contributed by atoms with Crippen LogP contribution in [0.5, 0.6) is 0 Å². The van der Waals surface area contributed by atoms with Crippen molar-refractivity contribution >= 4 is 23.2 Å². The summed E-state index contributed by atoms with van der Waals surface area (Å²) in [6, 6.07) is 0. The van der Waals surface area contributed by atoms with E-state index in [9.17, 15) is 4.79 Å². The molecular formula is C17H31N5OS. The van der Waals surface area contributed by atoms with Crippen molar-refractivity contribution in [1.82, 2.24) is 20.5 Å². The number of amides is 1. The number of carbonyl (C=O) groups is 1. The van der Waals surface area contributed by atoms with Crippen LogP contribution >= 0.6 is 11.3 Å². The lowest BCUT2D eigenvalue weighted by Crippen LogP contribution is -2.39. The number of carbonyl (C=O) groups excluding carboxylic acids is 1. The molecule has 2 N–H and O–H groups in total. The summed E-state index contributed by atoms with van der Waals surface area (Å²) in [4.78, 5) is 22.3. The average molecular weight is 354 g/mol. The zero-order chi connectivity index (χ0) is 18.2. The van der Waals surface area contributed by atoms with Gasteiger partial charge in [-0.15, -0.1) is 11.3 Å². The molecule has 1 aromatic heterocycles. The molecule has 24 heavy (non-hydrogen) atoms. The summed E-state index contributed by atoms with van der Waals surface area (Å²) in [5, 5.41) is 9.79. The van der Waals surface area contributed by atoms with E-state index in [1.807, 2.05) is 0 Å². The fourth-order valence-electron chi connectivity index (χ4n) is 1.78. The molecule has 0 saturated heterocycles. The largest absolute Gasteiger partial charge is 0.356 e. The molecule has 0 atom stereocenters. The van der Waals surface area contributed by atoms with Gasteiger partial charge in [-0.2, -0.15) is 0 Å². The molecular weight excluding hydrogens is 322 g/mol. The Morgan fingerprint density at radius 2 is 1.96 bits per heavy atom. The third kappa shape index (κ3) is 7.29. The molecule has 1 rings (SSSR count). The number of aromatic nitrogens is 1. The van der Waals surface area contributed by atoms with Crippen LogP contribution in [0.25, 0.3) is 0 Å². The second-order valence-corrected chi connectivity index (χ2v) is 7.81. The predicted octanol–water partition coefficient (Wildman–Crippen LogP) is 2.02. The van der Waals surface area contributed by atoms with Gasteiger partial charge in [0.2, 0.25) is 5.91 Å². The highest BCUT2D eigenvalue weighted by Crippen LogP contribution is 2.25. The van der Waals surface area contributed by atoms with Gasteiger partial charge in [-0.05, 0) is 6.42 Å². The van der Waals surface area contributed by atoms with Crippen LogP contribution in [0, 0.1) is 0 Å². The molecule has 0 saturated carbocycles. The predicted molar refractivity (Wildman–Crippen MR) is 102 cm³/mol. The maximum atomic E-state index is 11.7. The van der Waals surface area contributed by atoms with Crippen molar-refractivity contribution < 1.29 is 4.79 Å². The van der Waals surface area contributed by atoms with Crippen LogP contribution in [0.1, 0.15) is 44.8 Å². The van der Waals surface area contributed by atoms with Crippen molar-refractivity contribution in [3.63, 3.8) is 0 Å². The Balaban J connectivity index is 2.53. The first-order valence-electron chi connectivity index (χ1n) is 8.41. The van der Waals surface area contributed by atoms with Crippen LogP contribution in [-0.4, -0.2) is 55.5 Å². The Morgan fingerprint density at radius 1 is 1.29 bits per heavy atom. The maximum Gasteiger partial charge on any atom is 0.243 e. The van der Waals surface area contributed by atoms with Gasteiger partial charge in [0.1, 0.15) is 6.54 Å². The highest BCUT2D eigenvalue weighted by molar-refractivity contribution is 7.09. The zero-order valence-electron chi connectivity index (χ0n) is 15.8. The normalized spacial score (nSPS) is 12.2. The molecule has 0 aliphatic heterocycles. The van der Waals surface area contributed by atoms with Crippen LogP contribution in [-0.2, 0) is 16.6 Å². The average Bonchev–Trinajstić information content (AvgIpc) is 2.98. The second-order valence-electron chi connectivity index (χ2n) is 6.95. The molecule has 1 amide bonds. The minimum Gasteiger partial charge on any atom is -0.356 e. The Morgan fingerprint density at radius 3 is 2.50 bits per heavy atom. The summed E-state index contributed by atoms with van der Waals surface area (Å²) in [5.41, 5.74) is 1.19. The van der Waals surface area contributed by atoms with Crippen LogP contribution < -0.4 is 10.6 Å². The van der Waals surface area contributed by atoms with Crippen molar-refractivity contribution in [1.29, 1.82) is 0 Å². The highest BCUT2D eigenvalue weighted by Gasteiger charge is 2.17. The minimum absolute atomic E-state index is 0.0121. The molecule has 0 bridgehead atoms. The molecule has 0 spiro atoms. The van der Waals surface area contributed by atoms with Gasteiger partial charge >= 0.3 is 0 Å². The van der Waals surface area contributed by atoms with Gasteiger partial charge in [0.15, 0.2) is 5.96 Å². The van der Waals surface area contributed by atoms with Gasteiger partial charge in [0.05, 0.1) is 10.7 Å². The molecule has 0 fully saturated rings. The first-order chi connectivity index (χ1) is 11.2. The Labute approximate surface area is 149 Å². The molecule has 0 unspecified atom stereocenters. The summed E-state index contributed by atoms with van der Waals surface area (Å²) >= 11 is 1.71. The standard InChI is InChI=1S/C17H31N5OS/c1-7-9-18-16(20-11-14(23)22(5)6)19-10-8-13-12-24-15(21-13)17(2,3)4/h12H,7-11H2,1-6H3,(H2,18,19,20). The van der Waals surface area contributed by atoms with Gasteiger partial charge < -0.3 is 15.5 Å². The third-order valence-electron chi connectivity index (χ3n) is 3.28. The molecule has 136 valence electrons. The minimum atomic E-state index is -0.0121. The van der Waals surface area contributed by atoms with Crippen molar-refractivity contribution in [2.24, 2.45) is 4.99 Å². The Bertz CT molecular complexity index is 545. The van der Waals surface area contributed by atoms with E-state index in [-0.39, 0.29) is 17.9 Å². The second kappa shape index (κ2) is 9.61. The number of hydrogen-bond acceptors (Lipinski definition) is 4. The molecule has 0 radical (unpaired) electrons. The van der Waals surface area contributed by atoms with Crippen molar-refractivity contribution in [3.05, 3.63) is 16.1 Å². The lowest BCUT2D eigenvalue weighted by molar-refractivity contribution is -0.127. The highest BCUT2D eigenvalue weighted by atomic mass is 32.1. The number of nitrogens with zero attached hydrogens (tertiary/aromatic N) is 3. The number of nitrogens with one attached hydrogen (secondary N) is 2. The summed E-state index contributed by atoms with van der Waals surface area (Å²) in [5.74, 6) is 0.667. The SMILES string of the molecule is CCCNC(=NCC(=O)N(C)C)NCCc1csc(C(C)(C)C)n1. The monoisotopic (exact) mass is 353 g/mol.